The minimum absolute atomic E-state index is 0.0810. The summed E-state index contributed by atoms with van der Waals surface area (Å²) in [6, 6.07) is 8.26. The van der Waals surface area contributed by atoms with Crippen LogP contribution in [0, 0.1) is 10.1 Å². The fourth-order valence-electron chi connectivity index (χ4n) is 1.65. The van der Waals surface area contributed by atoms with Gasteiger partial charge in [-0.15, -0.1) is 0 Å². The molecule has 1 N–H and O–H groups in total. The number of nitro groups is 1. The Kier molecular flexibility index (Phi) is 2.56. The van der Waals surface area contributed by atoms with Crippen molar-refractivity contribution in [2.75, 3.05) is 0 Å². The van der Waals surface area contributed by atoms with Crippen molar-refractivity contribution in [3.63, 3.8) is 0 Å². The number of non-ortho nitro benzene ring substituents is 1. The van der Waals surface area contributed by atoms with E-state index in [1.54, 1.807) is 0 Å². The van der Waals surface area contributed by atoms with Crippen molar-refractivity contribution in [2.24, 2.45) is 0 Å². The van der Waals surface area contributed by atoms with E-state index >= 15 is 0 Å². The molecule has 0 heterocycles. The molecule has 6 nitrogen and oxygen atoms in total. The van der Waals surface area contributed by atoms with Crippen LogP contribution in [0.15, 0.2) is 41.3 Å². The number of rotatable bonds is 2. The van der Waals surface area contributed by atoms with E-state index in [2.05, 4.69) is 0 Å². The highest BCUT2D eigenvalue weighted by Crippen LogP contribution is 2.31. The fourth-order valence-corrected chi connectivity index (χ4v) is 2.39. The van der Waals surface area contributed by atoms with Crippen LogP contribution in [0.2, 0.25) is 0 Å². The molecule has 2 aromatic carbocycles. The summed E-state index contributed by atoms with van der Waals surface area (Å²) >= 11 is 0. The monoisotopic (exact) mass is 253 g/mol. The predicted molar refractivity (Wildman–Crippen MR) is 60.4 cm³/mol. The van der Waals surface area contributed by atoms with Gasteiger partial charge >= 0.3 is 0 Å². The Labute approximate surface area is 96.4 Å². The van der Waals surface area contributed by atoms with Crippen LogP contribution >= 0.6 is 0 Å². The average Bonchev–Trinajstić information content (AvgIpc) is 2.26. The molecule has 0 radical (unpaired) electrons. The van der Waals surface area contributed by atoms with Gasteiger partial charge in [0.2, 0.25) is 0 Å². The molecular formula is C10H7NO5S. The lowest BCUT2D eigenvalue weighted by atomic mass is 10.1. The van der Waals surface area contributed by atoms with Crippen molar-refractivity contribution in [2.45, 2.75) is 4.90 Å². The van der Waals surface area contributed by atoms with E-state index in [1.165, 1.54) is 30.3 Å². The Hall–Kier alpha value is -1.99. The maximum Gasteiger partial charge on any atom is 0.295 e. The van der Waals surface area contributed by atoms with Crippen molar-refractivity contribution in [1.29, 1.82) is 0 Å². The Morgan fingerprint density at radius 2 is 1.71 bits per heavy atom. The van der Waals surface area contributed by atoms with Crippen molar-refractivity contribution in [3.05, 3.63) is 46.5 Å². The Morgan fingerprint density at radius 3 is 2.24 bits per heavy atom. The van der Waals surface area contributed by atoms with Gasteiger partial charge in [-0.1, -0.05) is 24.3 Å². The van der Waals surface area contributed by atoms with Crippen LogP contribution in [-0.4, -0.2) is 17.9 Å². The van der Waals surface area contributed by atoms with Crippen LogP contribution in [0.5, 0.6) is 0 Å². The summed E-state index contributed by atoms with van der Waals surface area (Å²) in [4.78, 5) is 9.68. The molecule has 0 aromatic heterocycles. The van der Waals surface area contributed by atoms with Gasteiger partial charge < -0.3 is 0 Å². The van der Waals surface area contributed by atoms with Crippen LogP contribution in [0.25, 0.3) is 10.8 Å². The molecular weight excluding hydrogens is 246 g/mol. The third-order valence-corrected chi connectivity index (χ3v) is 3.22. The fraction of sp³-hybridized carbons (Fsp3) is 0. The van der Waals surface area contributed by atoms with E-state index in [4.69, 9.17) is 4.55 Å². The Balaban J connectivity index is 3.01. The minimum Gasteiger partial charge on any atom is -0.282 e. The summed E-state index contributed by atoms with van der Waals surface area (Å²) in [5.74, 6) is 0. The molecule has 0 unspecified atom stereocenters. The summed E-state index contributed by atoms with van der Waals surface area (Å²) in [7, 11) is -4.49. The molecule has 0 aliphatic rings. The number of hydrogen-bond acceptors (Lipinski definition) is 4. The number of hydrogen-bond donors (Lipinski definition) is 1. The van der Waals surface area contributed by atoms with E-state index in [0.29, 0.717) is 5.39 Å². The molecule has 0 spiro atoms. The minimum atomic E-state index is -4.49. The van der Waals surface area contributed by atoms with E-state index in [1.807, 2.05) is 0 Å². The summed E-state index contributed by atoms with van der Waals surface area (Å²) in [6.45, 7) is 0. The maximum atomic E-state index is 11.2. The molecule has 7 heteroatoms. The summed E-state index contributed by atoms with van der Waals surface area (Å²) < 4.78 is 31.4. The normalized spacial score (nSPS) is 11.6. The summed E-state index contributed by atoms with van der Waals surface area (Å²) in [5, 5.41) is 11.1. The third kappa shape index (κ3) is 1.97. The first-order valence-electron chi connectivity index (χ1n) is 4.55. The lowest BCUT2D eigenvalue weighted by Gasteiger charge is -2.03. The number of nitrogens with zero attached hydrogens (tertiary/aromatic N) is 1. The van der Waals surface area contributed by atoms with Gasteiger partial charge in [0.15, 0.2) is 0 Å². The van der Waals surface area contributed by atoms with Gasteiger partial charge in [-0.2, -0.15) is 8.42 Å². The highest BCUT2D eigenvalue weighted by molar-refractivity contribution is 7.86. The molecule has 0 saturated heterocycles. The van der Waals surface area contributed by atoms with Crippen LogP contribution in [0.3, 0.4) is 0 Å². The number of benzene rings is 2. The highest BCUT2D eigenvalue weighted by atomic mass is 32.2. The topological polar surface area (TPSA) is 97.5 Å². The van der Waals surface area contributed by atoms with E-state index < -0.39 is 19.9 Å². The van der Waals surface area contributed by atoms with Gasteiger partial charge in [0, 0.05) is 6.07 Å². The second kappa shape index (κ2) is 3.79. The van der Waals surface area contributed by atoms with Gasteiger partial charge in [-0.3, -0.25) is 14.7 Å². The predicted octanol–water partition coefficient (Wildman–Crippen LogP) is 1.99. The first-order chi connectivity index (χ1) is 7.91. The summed E-state index contributed by atoms with van der Waals surface area (Å²) in [6.07, 6.45) is 0. The lowest BCUT2D eigenvalue weighted by molar-refractivity contribution is -0.383. The second-order valence-corrected chi connectivity index (χ2v) is 4.75. The van der Waals surface area contributed by atoms with Crippen LogP contribution in [0.4, 0.5) is 5.69 Å². The molecule has 0 aliphatic carbocycles. The molecule has 0 amide bonds. The quantitative estimate of drug-likeness (QED) is 0.501. The lowest BCUT2D eigenvalue weighted by Crippen LogP contribution is -2.01. The molecule has 0 atom stereocenters. The van der Waals surface area contributed by atoms with Crippen molar-refractivity contribution < 1.29 is 17.9 Å². The molecule has 0 bridgehead atoms. The molecule has 0 aliphatic heterocycles. The molecule has 17 heavy (non-hydrogen) atoms. The van der Waals surface area contributed by atoms with Gasteiger partial charge in [-0.25, -0.2) is 0 Å². The SMILES string of the molecule is O=[N+]([O-])c1cccc2cccc(S(=O)(=O)O)c12. The van der Waals surface area contributed by atoms with Crippen LogP contribution < -0.4 is 0 Å². The van der Waals surface area contributed by atoms with Crippen molar-refractivity contribution in [1.82, 2.24) is 0 Å². The van der Waals surface area contributed by atoms with Crippen LogP contribution in [0.1, 0.15) is 0 Å². The van der Waals surface area contributed by atoms with Gasteiger partial charge in [0.1, 0.15) is 4.90 Å². The van der Waals surface area contributed by atoms with Gasteiger partial charge in [-0.05, 0) is 11.5 Å². The third-order valence-electron chi connectivity index (χ3n) is 2.32. The van der Waals surface area contributed by atoms with E-state index in [-0.39, 0.29) is 11.1 Å². The summed E-state index contributed by atoms with van der Waals surface area (Å²) in [5.41, 5.74) is -0.351. The van der Waals surface area contributed by atoms with Crippen molar-refractivity contribution in [3.8, 4) is 0 Å². The average molecular weight is 253 g/mol. The number of nitro benzene ring substituents is 1. The van der Waals surface area contributed by atoms with Gasteiger partial charge in [0.25, 0.3) is 15.8 Å². The van der Waals surface area contributed by atoms with Gasteiger partial charge in [0.05, 0.1) is 10.3 Å². The largest absolute Gasteiger partial charge is 0.295 e. The zero-order chi connectivity index (χ0) is 12.6. The van der Waals surface area contributed by atoms with Crippen molar-refractivity contribution >= 4 is 26.6 Å². The smallest absolute Gasteiger partial charge is 0.282 e. The van der Waals surface area contributed by atoms with E-state index in [9.17, 15) is 18.5 Å². The molecule has 0 saturated carbocycles. The molecule has 2 rings (SSSR count). The first-order valence-corrected chi connectivity index (χ1v) is 5.99. The molecule has 2 aromatic rings. The second-order valence-electron chi connectivity index (χ2n) is 3.36. The van der Waals surface area contributed by atoms with E-state index in [0.717, 1.165) is 6.07 Å². The zero-order valence-corrected chi connectivity index (χ0v) is 9.22. The Morgan fingerprint density at radius 1 is 1.12 bits per heavy atom. The first kappa shape index (κ1) is 11.5. The highest BCUT2D eigenvalue weighted by Gasteiger charge is 2.21. The Bertz CT molecular complexity index is 702. The maximum absolute atomic E-state index is 11.2. The zero-order valence-electron chi connectivity index (χ0n) is 8.40. The number of fused-ring (bicyclic) bond motifs is 1. The van der Waals surface area contributed by atoms with Crippen LogP contribution in [-0.2, 0) is 10.1 Å². The standard InChI is InChI=1S/C10H7NO5S/c12-11(13)8-5-1-3-7-4-2-6-9(10(7)8)17(14,15)16/h1-6H,(H,14,15,16). The molecule has 0 fully saturated rings. The molecule has 88 valence electrons.